The van der Waals surface area contributed by atoms with E-state index in [-0.39, 0.29) is 11.3 Å². The molecule has 0 aliphatic heterocycles. The highest BCUT2D eigenvalue weighted by molar-refractivity contribution is 9.10. The lowest BCUT2D eigenvalue weighted by Crippen LogP contribution is -2.30. The van der Waals surface area contributed by atoms with E-state index in [1.165, 1.54) is 0 Å². The smallest absolute Gasteiger partial charge is 0.267 e. The number of anilines is 1. The van der Waals surface area contributed by atoms with Gasteiger partial charge in [-0.25, -0.2) is 0 Å². The molecular formula is C21H21BrN2O3. The fourth-order valence-electron chi connectivity index (χ4n) is 2.93. The SMILES string of the molecule is CC(C)CCn1c(=O)c(C(=O)Nc2ccc(Br)cc2)c(O)c2ccccc21. The number of aryl methyl sites for hydroxylation is 1. The fraction of sp³-hybridized carbons (Fsp3) is 0.238. The van der Waals surface area contributed by atoms with Gasteiger partial charge in [-0.3, -0.25) is 9.59 Å². The van der Waals surface area contributed by atoms with Crippen LogP contribution in [0.3, 0.4) is 0 Å². The number of para-hydroxylation sites is 1. The van der Waals surface area contributed by atoms with Crippen LogP contribution in [0.5, 0.6) is 5.75 Å². The zero-order chi connectivity index (χ0) is 19.6. The van der Waals surface area contributed by atoms with Gasteiger partial charge in [0.2, 0.25) is 0 Å². The lowest BCUT2D eigenvalue weighted by molar-refractivity contribution is 0.102. The number of pyridine rings is 1. The summed E-state index contributed by atoms with van der Waals surface area (Å²) in [4.78, 5) is 25.8. The van der Waals surface area contributed by atoms with Gasteiger partial charge in [0.1, 0.15) is 11.3 Å². The number of carbonyl (C=O) groups is 1. The molecule has 1 heterocycles. The predicted octanol–water partition coefficient (Wildman–Crippen LogP) is 4.77. The van der Waals surface area contributed by atoms with Crippen molar-refractivity contribution >= 4 is 38.4 Å². The molecule has 0 bridgehead atoms. The molecule has 140 valence electrons. The van der Waals surface area contributed by atoms with E-state index < -0.39 is 11.5 Å². The molecule has 3 rings (SSSR count). The molecule has 0 aliphatic carbocycles. The number of nitrogens with one attached hydrogen (secondary N) is 1. The Kier molecular flexibility index (Phi) is 5.65. The second kappa shape index (κ2) is 7.96. The van der Waals surface area contributed by atoms with Crippen molar-refractivity contribution < 1.29 is 9.90 Å². The van der Waals surface area contributed by atoms with E-state index in [4.69, 9.17) is 0 Å². The number of aromatic hydroxyl groups is 1. The molecule has 5 nitrogen and oxygen atoms in total. The van der Waals surface area contributed by atoms with Crippen LogP contribution in [-0.4, -0.2) is 15.6 Å². The maximum Gasteiger partial charge on any atom is 0.267 e. The molecule has 0 aliphatic rings. The Bertz CT molecular complexity index is 1040. The summed E-state index contributed by atoms with van der Waals surface area (Å²) in [6.45, 7) is 4.64. The summed E-state index contributed by atoms with van der Waals surface area (Å²) < 4.78 is 2.45. The van der Waals surface area contributed by atoms with Crippen molar-refractivity contribution in [3.8, 4) is 5.75 Å². The zero-order valence-corrected chi connectivity index (χ0v) is 16.8. The van der Waals surface area contributed by atoms with E-state index in [1.54, 1.807) is 47.0 Å². The van der Waals surface area contributed by atoms with Crippen molar-refractivity contribution in [3.63, 3.8) is 0 Å². The van der Waals surface area contributed by atoms with Gasteiger partial charge in [0, 0.05) is 22.1 Å². The highest BCUT2D eigenvalue weighted by atomic mass is 79.9. The van der Waals surface area contributed by atoms with E-state index in [2.05, 4.69) is 35.1 Å². The molecule has 0 spiro atoms. The molecule has 0 unspecified atom stereocenters. The van der Waals surface area contributed by atoms with Gasteiger partial charge in [0.15, 0.2) is 0 Å². The number of hydrogen-bond acceptors (Lipinski definition) is 3. The minimum absolute atomic E-state index is 0.236. The number of halogens is 1. The van der Waals surface area contributed by atoms with Gasteiger partial charge in [-0.1, -0.05) is 41.9 Å². The Hall–Kier alpha value is -2.60. The molecule has 0 saturated heterocycles. The maximum atomic E-state index is 13.0. The molecule has 0 radical (unpaired) electrons. The number of fused-ring (bicyclic) bond motifs is 1. The molecule has 0 saturated carbocycles. The van der Waals surface area contributed by atoms with E-state index >= 15 is 0 Å². The first-order valence-corrected chi connectivity index (χ1v) is 9.59. The van der Waals surface area contributed by atoms with Crippen molar-refractivity contribution in [3.05, 3.63) is 68.9 Å². The Morgan fingerprint density at radius 2 is 1.81 bits per heavy atom. The first-order valence-electron chi connectivity index (χ1n) is 8.80. The first kappa shape index (κ1) is 19.2. The van der Waals surface area contributed by atoms with Gasteiger partial charge < -0.3 is 15.0 Å². The number of amides is 1. The standard InChI is InChI=1S/C21H21BrN2O3/c1-13(2)11-12-24-17-6-4-3-5-16(17)19(25)18(21(24)27)20(26)23-15-9-7-14(22)8-10-15/h3-10,13,25H,11-12H2,1-2H3,(H,23,26). The molecular weight excluding hydrogens is 408 g/mol. The maximum absolute atomic E-state index is 13.0. The van der Waals surface area contributed by atoms with Gasteiger partial charge in [0.05, 0.1) is 5.52 Å². The second-order valence-corrected chi connectivity index (χ2v) is 7.76. The summed E-state index contributed by atoms with van der Waals surface area (Å²) in [7, 11) is 0. The van der Waals surface area contributed by atoms with Crippen LogP contribution in [0, 0.1) is 5.92 Å². The summed E-state index contributed by atoms with van der Waals surface area (Å²) in [6.07, 6.45) is 0.794. The molecule has 2 N–H and O–H groups in total. The van der Waals surface area contributed by atoms with Crippen LogP contribution in [0.4, 0.5) is 5.69 Å². The molecule has 0 atom stereocenters. The topological polar surface area (TPSA) is 71.3 Å². The lowest BCUT2D eigenvalue weighted by Gasteiger charge is -2.16. The van der Waals surface area contributed by atoms with Crippen molar-refractivity contribution in [2.24, 2.45) is 5.92 Å². The highest BCUT2D eigenvalue weighted by Gasteiger charge is 2.22. The van der Waals surface area contributed by atoms with Crippen LogP contribution in [0.15, 0.2) is 57.8 Å². The van der Waals surface area contributed by atoms with Crippen molar-refractivity contribution in [2.75, 3.05) is 5.32 Å². The van der Waals surface area contributed by atoms with E-state index in [1.807, 2.05) is 6.07 Å². The summed E-state index contributed by atoms with van der Waals surface area (Å²) in [5.41, 5.74) is 0.451. The van der Waals surface area contributed by atoms with Crippen LogP contribution in [0.25, 0.3) is 10.9 Å². The van der Waals surface area contributed by atoms with Gasteiger partial charge >= 0.3 is 0 Å². The number of rotatable bonds is 5. The molecule has 3 aromatic rings. The monoisotopic (exact) mass is 428 g/mol. The number of nitrogens with zero attached hydrogens (tertiary/aromatic N) is 1. The third-order valence-corrected chi connectivity index (χ3v) is 4.93. The summed E-state index contributed by atoms with van der Waals surface area (Å²) in [5.74, 6) is -0.501. The molecule has 0 fully saturated rings. The van der Waals surface area contributed by atoms with Crippen LogP contribution in [-0.2, 0) is 6.54 Å². The van der Waals surface area contributed by atoms with Crippen LogP contribution < -0.4 is 10.9 Å². The van der Waals surface area contributed by atoms with E-state index in [0.717, 1.165) is 10.9 Å². The van der Waals surface area contributed by atoms with Crippen molar-refractivity contribution in [2.45, 2.75) is 26.8 Å². The fourth-order valence-corrected chi connectivity index (χ4v) is 3.19. The van der Waals surface area contributed by atoms with Gasteiger partial charge in [-0.05, 0) is 48.7 Å². The number of aromatic nitrogens is 1. The zero-order valence-electron chi connectivity index (χ0n) is 15.2. The first-order chi connectivity index (χ1) is 12.9. The van der Waals surface area contributed by atoms with Crippen molar-refractivity contribution in [1.29, 1.82) is 0 Å². The second-order valence-electron chi connectivity index (χ2n) is 6.84. The van der Waals surface area contributed by atoms with Gasteiger partial charge in [-0.2, -0.15) is 0 Å². The average molecular weight is 429 g/mol. The Morgan fingerprint density at radius 1 is 1.15 bits per heavy atom. The third-order valence-electron chi connectivity index (χ3n) is 4.40. The van der Waals surface area contributed by atoms with Gasteiger partial charge in [-0.15, -0.1) is 0 Å². The van der Waals surface area contributed by atoms with Crippen molar-refractivity contribution in [1.82, 2.24) is 4.57 Å². The third kappa shape index (κ3) is 4.06. The average Bonchev–Trinajstić information content (AvgIpc) is 2.63. The molecule has 1 aromatic heterocycles. The minimum Gasteiger partial charge on any atom is -0.506 e. The summed E-state index contributed by atoms with van der Waals surface area (Å²) in [5, 5.41) is 13.8. The predicted molar refractivity (Wildman–Crippen MR) is 111 cm³/mol. The van der Waals surface area contributed by atoms with Crippen LogP contribution >= 0.6 is 15.9 Å². The van der Waals surface area contributed by atoms with Crippen LogP contribution in [0.2, 0.25) is 0 Å². The molecule has 2 aromatic carbocycles. The Balaban J connectivity index is 2.09. The quantitative estimate of drug-likeness (QED) is 0.614. The number of carbonyl (C=O) groups excluding carboxylic acids is 1. The number of benzene rings is 2. The van der Waals surface area contributed by atoms with Gasteiger partial charge in [0.25, 0.3) is 11.5 Å². The lowest BCUT2D eigenvalue weighted by atomic mass is 10.1. The highest BCUT2D eigenvalue weighted by Crippen LogP contribution is 2.27. The summed E-state index contributed by atoms with van der Waals surface area (Å²) >= 11 is 3.34. The van der Waals surface area contributed by atoms with Crippen LogP contribution in [0.1, 0.15) is 30.6 Å². The van der Waals surface area contributed by atoms with E-state index in [0.29, 0.717) is 29.1 Å². The number of hydrogen-bond donors (Lipinski definition) is 2. The summed E-state index contributed by atoms with van der Waals surface area (Å²) in [6, 6.07) is 14.1. The minimum atomic E-state index is -0.621. The Morgan fingerprint density at radius 3 is 2.48 bits per heavy atom. The van der Waals surface area contributed by atoms with E-state index in [9.17, 15) is 14.7 Å². The molecule has 1 amide bonds. The Labute approximate surface area is 165 Å². The molecule has 6 heteroatoms. The normalized spacial score (nSPS) is 11.1. The molecule has 27 heavy (non-hydrogen) atoms. The largest absolute Gasteiger partial charge is 0.506 e.